The van der Waals surface area contributed by atoms with E-state index in [4.69, 9.17) is 25.7 Å². The zero-order chi connectivity index (χ0) is 30.2. The van der Waals surface area contributed by atoms with E-state index in [1.54, 1.807) is 42.5 Å². The lowest BCUT2D eigenvalue weighted by Crippen LogP contribution is -2.44. The molecule has 0 fully saturated rings. The van der Waals surface area contributed by atoms with Gasteiger partial charge in [0.25, 0.3) is 11.8 Å². The Kier molecular flexibility index (Phi) is 9.61. The highest BCUT2D eigenvalue weighted by molar-refractivity contribution is 7.09. The van der Waals surface area contributed by atoms with Gasteiger partial charge in [0.2, 0.25) is 5.91 Å². The Morgan fingerprint density at radius 3 is 2.29 bits per heavy atom. The molecule has 218 valence electrons. The lowest BCUT2D eigenvalue weighted by Gasteiger charge is -2.32. The summed E-state index contributed by atoms with van der Waals surface area (Å²) in [6.07, 6.45) is 0. The van der Waals surface area contributed by atoms with Gasteiger partial charge in [-0.05, 0) is 53.8 Å². The molecule has 0 radical (unpaired) electrons. The average Bonchev–Trinajstić information content (AvgIpc) is 3.40. The SMILES string of the molecule is CCOc1ccccc1N(C(=O)c1snc(C(N)=O)c1N)C(C(=O)NCc1ccccc1)c1ccc(OC)c(OC)c1. The van der Waals surface area contributed by atoms with Crippen LogP contribution in [-0.4, -0.2) is 42.9 Å². The van der Waals surface area contributed by atoms with Gasteiger partial charge >= 0.3 is 0 Å². The fourth-order valence-corrected chi connectivity index (χ4v) is 5.10. The molecule has 5 N–H and O–H groups in total. The molecular weight excluding hydrogens is 558 g/mol. The first-order chi connectivity index (χ1) is 20.3. The van der Waals surface area contributed by atoms with Gasteiger partial charge in [0, 0.05) is 6.54 Å². The van der Waals surface area contributed by atoms with Crippen LogP contribution in [0.2, 0.25) is 0 Å². The van der Waals surface area contributed by atoms with E-state index < -0.39 is 23.8 Å². The largest absolute Gasteiger partial charge is 0.493 e. The highest BCUT2D eigenvalue weighted by atomic mass is 32.1. The van der Waals surface area contributed by atoms with Crippen molar-refractivity contribution in [3.63, 3.8) is 0 Å². The van der Waals surface area contributed by atoms with Crippen molar-refractivity contribution in [1.82, 2.24) is 9.69 Å². The van der Waals surface area contributed by atoms with Crippen molar-refractivity contribution in [2.45, 2.75) is 19.5 Å². The summed E-state index contributed by atoms with van der Waals surface area (Å²) in [4.78, 5) is 41.7. The number of nitrogen functional groups attached to an aromatic ring is 1. The number of aromatic nitrogens is 1. The number of carbonyl (C=O) groups excluding carboxylic acids is 3. The summed E-state index contributed by atoms with van der Waals surface area (Å²) in [5.74, 6) is -0.901. The molecule has 11 nitrogen and oxygen atoms in total. The van der Waals surface area contributed by atoms with Gasteiger partial charge < -0.3 is 31.0 Å². The normalized spacial score (nSPS) is 11.3. The number of ether oxygens (including phenoxy) is 3. The number of hydrogen-bond acceptors (Lipinski definition) is 9. The third kappa shape index (κ3) is 6.28. The number of hydrogen-bond donors (Lipinski definition) is 3. The highest BCUT2D eigenvalue weighted by Gasteiger charge is 2.37. The standard InChI is InChI=1S/C30H31N5O6S/c1-4-41-21-13-9-8-12-20(21)35(30(38)27-24(31)25(28(32)36)34-42-27)26(19-14-15-22(39-2)23(16-19)40-3)29(37)33-17-18-10-6-5-7-11-18/h5-16,26H,4,17,31H2,1-3H3,(H2,32,36)(H,33,37). The van der Waals surface area contributed by atoms with Crippen molar-refractivity contribution in [3.05, 3.63) is 94.5 Å². The summed E-state index contributed by atoms with van der Waals surface area (Å²) >= 11 is 0.719. The first-order valence-electron chi connectivity index (χ1n) is 12.9. The van der Waals surface area contributed by atoms with E-state index in [1.165, 1.54) is 19.1 Å². The summed E-state index contributed by atoms with van der Waals surface area (Å²) in [5, 5.41) is 2.95. The minimum Gasteiger partial charge on any atom is -0.493 e. The predicted molar refractivity (Wildman–Crippen MR) is 160 cm³/mol. The maximum Gasteiger partial charge on any atom is 0.273 e. The number of benzene rings is 3. The molecule has 0 saturated carbocycles. The zero-order valence-corrected chi connectivity index (χ0v) is 24.1. The fraction of sp³-hybridized carbons (Fsp3) is 0.200. The summed E-state index contributed by atoms with van der Waals surface area (Å²) < 4.78 is 20.8. The molecule has 1 aromatic heterocycles. The number of amides is 3. The topological polar surface area (TPSA) is 159 Å². The van der Waals surface area contributed by atoms with Gasteiger partial charge in [-0.2, -0.15) is 4.37 Å². The summed E-state index contributed by atoms with van der Waals surface area (Å²) in [6.45, 7) is 2.31. The Labute approximate surface area is 247 Å². The molecule has 0 bridgehead atoms. The number of methoxy groups -OCH3 is 2. The summed E-state index contributed by atoms with van der Waals surface area (Å²) in [7, 11) is 2.97. The Hall–Kier alpha value is -5.10. The number of carbonyl (C=O) groups is 3. The van der Waals surface area contributed by atoms with Crippen LogP contribution in [0, 0.1) is 0 Å². The molecule has 1 heterocycles. The van der Waals surface area contributed by atoms with Crippen LogP contribution < -0.4 is 35.9 Å². The molecule has 0 saturated heterocycles. The van der Waals surface area contributed by atoms with Crippen LogP contribution in [-0.2, 0) is 11.3 Å². The number of primary amides is 1. The zero-order valence-electron chi connectivity index (χ0n) is 23.3. The number of nitrogens with one attached hydrogen (secondary N) is 1. The van der Waals surface area contributed by atoms with Gasteiger partial charge in [0.15, 0.2) is 17.2 Å². The second-order valence-electron chi connectivity index (χ2n) is 8.93. The van der Waals surface area contributed by atoms with Crippen molar-refractivity contribution in [3.8, 4) is 17.2 Å². The summed E-state index contributed by atoms with van der Waals surface area (Å²) in [6, 6.07) is 19.9. The molecule has 0 aliphatic rings. The van der Waals surface area contributed by atoms with Crippen molar-refractivity contribution in [1.29, 1.82) is 0 Å². The molecule has 4 aromatic rings. The number of nitrogens with zero attached hydrogens (tertiary/aromatic N) is 2. The second-order valence-corrected chi connectivity index (χ2v) is 9.71. The lowest BCUT2D eigenvalue weighted by atomic mass is 10.0. The number of rotatable bonds is 12. The molecule has 12 heteroatoms. The van der Waals surface area contributed by atoms with Gasteiger partial charge in [-0.25, -0.2) is 0 Å². The molecule has 4 rings (SSSR count). The molecule has 3 aromatic carbocycles. The van der Waals surface area contributed by atoms with Gasteiger partial charge in [-0.15, -0.1) is 0 Å². The van der Waals surface area contributed by atoms with Gasteiger partial charge in [-0.1, -0.05) is 48.5 Å². The van der Waals surface area contributed by atoms with Crippen molar-refractivity contribution < 1.29 is 28.6 Å². The first-order valence-corrected chi connectivity index (χ1v) is 13.7. The van der Waals surface area contributed by atoms with Crippen LogP contribution in [0.15, 0.2) is 72.8 Å². The monoisotopic (exact) mass is 589 g/mol. The van der Waals surface area contributed by atoms with E-state index in [9.17, 15) is 14.4 Å². The van der Waals surface area contributed by atoms with Crippen LogP contribution in [0.3, 0.4) is 0 Å². The maximum absolute atomic E-state index is 14.4. The minimum absolute atomic E-state index is 0.0589. The van der Waals surface area contributed by atoms with E-state index in [1.807, 2.05) is 37.3 Å². The molecule has 3 amide bonds. The van der Waals surface area contributed by atoms with Crippen LogP contribution in [0.1, 0.15) is 44.3 Å². The third-order valence-corrected chi connectivity index (χ3v) is 7.19. The van der Waals surface area contributed by atoms with E-state index in [2.05, 4.69) is 9.69 Å². The Morgan fingerprint density at radius 2 is 1.64 bits per heavy atom. The average molecular weight is 590 g/mol. The van der Waals surface area contributed by atoms with Gasteiger partial charge in [0.05, 0.1) is 32.2 Å². The van der Waals surface area contributed by atoms with Crippen molar-refractivity contribution in [2.75, 3.05) is 31.5 Å². The number of para-hydroxylation sites is 2. The molecule has 0 aliphatic carbocycles. The lowest BCUT2D eigenvalue weighted by molar-refractivity contribution is -0.122. The van der Waals surface area contributed by atoms with Crippen LogP contribution in [0.5, 0.6) is 17.2 Å². The van der Waals surface area contributed by atoms with E-state index in [-0.39, 0.29) is 22.8 Å². The number of nitrogens with two attached hydrogens (primary N) is 2. The molecular formula is C30H31N5O6S. The Balaban J connectivity index is 1.92. The maximum atomic E-state index is 14.4. The molecule has 1 unspecified atom stereocenters. The van der Waals surface area contributed by atoms with Gasteiger partial charge in [-0.3, -0.25) is 19.3 Å². The molecule has 1 atom stereocenters. The smallest absolute Gasteiger partial charge is 0.273 e. The van der Waals surface area contributed by atoms with E-state index in [0.717, 1.165) is 17.1 Å². The molecule has 0 aliphatic heterocycles. The predicted octanol–water partition coefficient (Wildman–Crippen LogP) is 3.94. The number of anilines is 2. The van der Waals surface area contributed by atoms with E-state index in [0.29, 0.717) is 35.1 Å². The Bertz CT molecular complexity index is 1580. The fourth-order valence-electron chi connectivity index (χ4n) is 4.36. The first kappa shape index (κ1) is 29.9. The van der Waals surface area contributed by atoms with Crippen LogP contribution >= 0.6 is 11.5 Å². The van der Waals surface area contributed by atoms with Crippen LogP contribution in [0.25, 0.3) is 0 Å². The molecule has 0 spiro atoms. The molecule has 42 heavy (non-hydrogen) atoms. The third-order valence-electron chi connectivity index (χ3n) is 6.34. The van der Waals surface area contributed by atoms with E-state index >= 15 is 0 Å². The summed E-state index contributed by atoms with van der Waals surface area (Å²) in [5.41, 5.74) is 12.8. The minimum atomic E-state index is -1.25. The highest BCUT2D eigenvalue weighted by Crippen LogP contribution is 2.40. The van der Waals surface area contributed by atoms with Crippen molar-refractivity contribution in [2.24, 2.45) is 5.73 Å². The quantitative estimate of drug-likeness (QED) is 0.224. The van der Waals surface area contributed by atoms with Crippen LogP contribution in [0.4, 0.5) is 11.4 Å². The van der Waals surface area contributed by atoms with Gasteiger partial charge in [0.1, 0.15) is 16.7 Å². The van der Waals surface area contributed by atoms with Crippen molar-refractivity contribution >= 4 is 40.6 Å². The Morgan fingerprint density at radius 1 is 0.952 bits per heavy atom. The second kappa shape index (κ2) is 13.5.